The summed E-state index contributed by atoms with van der Waals surface area (Å²) in [5.74, 6) is -0.427. The van der Waals surface area contributed by atoms with E-state index in [-0.39, 0.29) is 25.7 Å². The Morgan fingerprint density at radius 2 is 1.32 bits per heavy atom. The monoisotopic (exact) mass is 377 g/mol. The number of thioether (sulfide) groups is 1. The Bertz CT molecular complexity index is 422. The average Bonchev–Trinajstić information content (AvgIpc) is 2.54. The molecule has 1 amide bonds. The molecule has 9 heteroatoms. The number of ether oxygens (including phenoxy) is 3. The maximum atomic E-state index is 11.2. The molecule has 0 fully saturated rings. The van der Waals surface area contributed by atoms with Gasteiger partial charge in [-0.2, -0.15) is 11.8 Å². The van der Waals surface area contributed by atoms with Crippen molar-refractivity contribution in [1.29, 1.82) is 0 Å². The molecular formula is C16H27NO7S. The molecule has 144 valence electrons. The second kappa shape index (κ2) is 12.6. The molecule has 0 saturated heterocycles. The van der Waals surface area contributed by atoms with Gasteiger partial charge in [-0.05, 0) is 0 Å². The van der Waals surface area contributed by atoms with Gasteiger partial charge < -0.3 is 19.5 Å². The highest BCUT2D eigenvalue weighted by Gasteiger charge is 2.35. The Labute approximate surface area is 152 Å². The van der Waals surface area contributed by atoms with Crippen molar-refractivity contribution >= 4 is 35.6 Å². The van der Waals surface area contributed by atoms with Crippen molar-refractivity contribution in [3.8, 4) is 0 Å². The number of amides is 1. The summed E-state index contributed by atoms with van der Waals surface area (Å²) in [7, 11) is 0. The number of hydrogen-bond acceptors (Lipinski definition) is 8. The summed E-state index contributed by atoms with van der Waals surface area (Å²) in [4.78, 5) is 44.7. The topological polar surface area (TPSA) is 108 Å². The van der Waals surface area contributed by atoms with Gasteiger partial charge in [-0.25, -0.2) is 0 Å². The van der Waals surface area contributed by atoms with Crippen LogP contribution < -0.4 is 5.32 Å². The largest absolute Gasteiger partial charge is 0.465 e. The van der Waals surface area contributed by atoms with Crippen LogP contribution in [0.4, 0.5) is 0 Å². The first-order chi connectivity index (χ1) is 11.7. The van der Waals surface area contributed by atoms with E-state index in [4.69, 9.17) is 14.2 Å². The summed E-state index contributed by atoms with van der Waals surface area (Å²) < 4.78 is 15.2. The number of carbonyl (C=O) groups excluding carboxylic acids is 4. The molecule has 0 saturated carbocycles. The quantitative estimate of drug-likeness (QED) is 0.304. The molecule has 0 atom stereocenters. The van der Waals surface area contributed by atoms with Crippen molar-refractivity contribution in [2.45, 2.75) is 34.1 Å². The molecule has 0 aromatic heterocycles. The van der Waals surface area contributed by atoms with E-state index >= 15 is 0 Å². The van der Waals surface area contributed by atoms with Gasteiger partial charge in [0.1, 0.15) is 19.8 Å². The Hall–Kier alpha value is -1.77. The number of carbonyl (C=O) groups is 4. The van der Waals surface area contributed by atoms with Crippen LogP contribution in [-0.4, -0.2) is 61.7 Å². The summed E-state index contributed by atoms with van der Waals surface area (Å²) >= 11 is 1.48. The zero-order valence-corrected chi connectivity index (χ0v) is 16.0. The summed E-state index contributed by atoms with van der Waals surface area (Å²) in [6.45, 7) is 5.94. The lowest BCUT2D eigenvalue weighted by molar-refractivity contribution is -0.157. The Morgan fingerprint density at radius 1 is 0.880 bits per heavy atom. The van der Waals surface area contributed by atoms with Gasteiger partial charge >= 0.3 is 17.9 Å². The molecule has 0 aliphatic carbocycles. The third kappa shape index (κ3) is 12.3. The van der Waals surface area contributed by atoms with Crippen LogP contribution in [0.15, 0.2) is 0 Å². The maximum absolute atomic E-state index is 11.2. The first-order valence-electron chi connectivity index (χ1n) is 7.95. The fourth-order valence-corrected chi connectivity index (χ4v) is 2.76. The lowest BCUT2D eigenvalue weighted by Crippen LogP contribution is -2.41. The molecule has 0 rings (SSSR count). The van der Waals surface area contributed by atoms with Crippen LogP contribution in [0.5, 0.6) is 0 Å². The molecule has 25 heavy (non-hydrogen) atoms. The summed E-state index contributed by atoms with van der Waals surface area (Å²) in [6.07, 6.45) is 0.417. The molecule has 0 heterocycles. The first kappa shape index (κ1) is 23.2. The predicted molar refractivity (Wildman–Crippen MR) is 93.0 cm³/mol. The van der Waals surface area contributed by atoms with E-state index in [1.54, 1.807) is 6.92 Å². The van der Waals surface area contributed by atoms with Gasteiger partial charge in [0.25, 0.3) is 0 Å². The van der Waals surface area contributed by atoms with Crippen LogP contribution in [0.3, 0.4) is 0 Å². The molecule has 1 N–H and O–H groups in total. The average molecular weight is 377 g/mol. The molecule has 0 spiro atoms. The Balaban J connectivity index is 4.81. The molecule has 0 aromatic carbocycles. The molecule has 8 nitrogen and oxygen atoms in total. The van der Waals surface area contributed by atoms with Crippen molar-refractivity contribution in [2.75, 3.05) is 37.9 Å². The minimum absolute atomic E-state index is 0.0356. The van der Waals surface area contributed by atoms with Crippen LogP contribution in [0.1, 0.15) is 34.1 Å². The van der Waals surface area contributed by atoms with E-state index in [1.807, 2.05) is 0 Å². The SMILES string of the molecule is CCC(=O)NCCSCC(COC(C)=O)(COC(C)=O)COC(C)=O. The molecular weight excluding hydrogens is 350 g/mol. The van der Waals surface area contributed by atoms with E-state index < -0.39 is 23.3 Å². The van der Waals surface area contributed by atoms with Crippen LogP contribution in [0, 0.1) is 5.41 Å². The maximum Gasteiger partial charge on any atom is 0.302 e. The normalized spacial score (nSPS) is 10.7. The second-order valence-corrected chi connectivity index (χ2v) is 6.70. The Morgan fingerprint density at radius 3 is 1.68 bits per heavy atom. The highest BCUT2D eigenvalue weighted by molar-refractivity contribution is 7.99. The molecule has 0 bridgehead atoms. The smallest absolute Gasteiger partial charge is 0.302 e. The van der Waals surface area contributed by atoms with Crippen molar-refractivity contribution in [3.05, 3.63) is 0 Å². The zero-order chi connectivity index (χ0) is 19.3. The lowest BCUT2D eigenvalue weighted by atomic mass is 9.93. The second-order valence-electron chi connectivity index (χ2n) is 5.60. The van der Waals surface area contributed by atoms with E-state index in [0.717, 1.165) is 0 Å². The van der Waals surface area contributed by atoms with Gasteiger partial charge in [-0.1, -0.05) is 6.92 Å². The number of rotatable bonds is 12. The fourth-order valence-electron chi connectivity index (χ4n) is 1.69. The number of esters is 3. The molecule has 0 radical (unpaired) electrons. The standard InChI is InChI=1S/C16H27NO7S/c1-5-15(21)17-6-7-25-11-16(8-22-12(2)18,9-23-13(3)19)10-24-14(4)20/h5-11H2,1-4H3,(H,17,21). The van der Waals surface area contributed by atoms with Gasteiger partial charge in [0.2, 0.25) is 5.91 Å². The van der Waals surface area contributed by atoms with E-state index in [0.29, 0.717) is 24.5 Å². The van der Waals surface area contributed by atoms with E-state index in [2.05, 4.69) is 5.32 Å². The number of nitrogens with one attached hydrogen (secondary N) is 1. The van der Waals surface area contributed by atoms with Gasteiger partial charge in [0.05, 0.1) is 5.41 Å². The van der Waals surface area contributed by atoms with Gasteiger partial charge in [0.15, 0.2) is 0 Å². The first-order valence-corrected chi connectivity index (χ1v) is 9.11. The fraction of sp³-hybridized carbons (Fsp3) is 0.750. The van der Waals surface area contributed by atoms with Crippen molar-refractivity contribution in [2.24, 2.45) is 5.41 Å². The minimum Gasteiger partial charge on any atom is -0.465 e. The molecule has 0 unspecified atom stereocenters. The highest BCUT2D eigenvalue weighted by atomic mass is 32.2. The van der Waals surface area contributed by atoms with Crippen LogP contribution in [-0.2, 0) is 33.4 Å². The molecule has 0 aromatic rings. The summed E-state index contributed by atoms with van der Waals surface area (Å²) in [5.41, 5.74) is -0.845. The highest BCUT2D eigenvalue weighted by Crippen LogP contribution is 2.26. The predicted octanol–water partition coefficient (Wildman–Crippen LogP) is 0.922. The van der Waals surface area contributed by atoms with Crippen LogP contribution in [0.25, 0.3) is 0 Å². The van der Waals surface area contributed by atoms with Crippen molar-refractivity contribution in [1.82, 2.24) is 5.32 Å². The summed E-state index contributed by atoms with van der Waals surface area (Å²) in [6, 6.07) is 0. The van der Waals surface area contributed by atoms with Gasteiger partial charge in [-0.3, -0.25) is 19.2 Å². The van der Waals surface area contributed by atoms with Gasteiger partial charge in [0, 0.05) is 45.2 Å². The third-order valence-electron chi connectivity index (χ3n) is 3.04. The van der Waals surface area contributed by atoms with Gasteiger partial charge in [-0.15, -0.1) is 0 Å². The minimum atomic E-state index is -0.845. The van der Waals surface area contributed by atoms with E-state index in [9.17, 15) is 19.2 Å². The lowest BCUT2D eigenvalue weighted by Gasteiger charge is -2.31. The van der Waals surface area contributed by atoms with Crippen molar-refractivity contribution < 1.29 is 33.4 Å². The number of hydrogen-bond donors (Lipinski definition) is 1. The molecule has 0 aliphatic rings. The molecule has 0 aliphatic heterocycles. The zero-order valence-electron chi connectivity index (χ0n) is 15.2. The van der Waals surface area contributed by atoms with E-state index in [1.165, 1.54) is 32.5 Å². The van der Waals surface area contributed by atoms with Crippen LogP contribution in [0.2, 0.25) is 0 Å². The Kier molecular flexibility index (Phi) is 11.7. The van der Waals surface area contributed by atoms with Crippen molar-refractivity contribution in [3.63, 3.8) is 0 Å². The van der Waals surface area contributed by atoms with Crippen LogP contribution >= 0.6 is 11.8 Å². The summed E-state index contributed by atoms with van der Waals surface area (Å²) in [5, 5.41) is 2.75. The third-order valence-corrected chi connectivity index (χ3v) is 4.35.